The Morgan fingerprint density at radius 2 is 2.16 bits per heavy atom. The molecule has 5 nitrogen and oxygen atoms in total. The number of rotatable bonds is 2. The number of nitrogens with two attached hydrogens (primary N) is 1. The number of nitrogen functional groups attached to an aromatic ring is 1. The van der Waals surface area contributed by atoms with Crippen LogP contribution in [-0.4, -0.2) is 40.1 Å². The molecule has 0 spiro atoms. The molecule has 0 bridgehead atoms. The summed E-state index contributed by atoms with van der Waals surface area (Å²) in [5, 5.41) is 4.12. The van der Waals surface area contributed by atoms with Gasteiger partial charge in [0.15, 0.2) is 5.82 Å². The first kappa shape index (κ1) is 12.5. The van der Waals surface area contributed by atoms with E-state index in [4.69, 9.17) is 10.3 Å². The lowest BCUT2D eigenvalue weighted by Gasteiger charge is -2.29. The molecule has 3 rings (SSSR count). The molecule has 1 aromatic heterocycles. The van der Waals surface area contributed by atoms with Crippen molar-refractivity contribution in [3.05, 3.63) is 30.1 Å². The van der Waals surface area contributed by atoms with Crippen molar-refractivity contribution >= 4 is 17.4 Å². The highest BCUT2D eigenvalue weighted by Crippen LogP contribution is 2.28. The predicted octanol–water partition coefficient (Wildman–Crippen LogP) is 2.04. The lowest BCUT2D eigenvalue weighted by molar-refractivity contribution is 0.257. The first-order valence-electron chi connectivity index (χ1n) is 6.21. The van der Waals surface area contributed by atoms with Crippen LogP contribution in [0.4, 0.5) is 5.69 Å². The van der Waals surface area contributed by atoms with Gasteiger partial charge < -0.3 is 10.3 Å². The standard InChI is InChI=1S/C13H16N4OS/c1-17-6-7-19-8-11(17)12-15-13(18-16-12)9-2-4-10(14)5-3-9/h2-5,11H,6-8,14H2,1H3. The van der Waals surface area contributed by atoms with Gasteiger partial charge >= 0.3 is 0 Å². The highest BCUT2D eigenvalue weighted by molar-refractivity contribution is 7.99. The second kappa shape index (κ2) is 5.22. The SMILES string of the molecule is CN1CCSCC1c1noc(-c2ccc(N)cc2)n1. The van der Waals surface area contributed by atoms with Crippen LogP contribution in [0, 0.1) is 0 Å². The van der Waals surface area contributed by atoms with Crippen LogP contribution in [0.5, 0.6) is 0 Å². The minimum atomic E-state index is 0.241. The zero-order valence-corrected chi connectivity index (χ0v) is 11.6. The summed E-state index contributed by atoms with van der Waals surface area (Å²) in [6.07, 6.45) is 0. The lowest BCUT2D eigenvalue weighted by Crippen LogP contribution is -2.33. The van der Waals surface area contributed by atoms with E-state index in [9.17, 15) is 0 Å². The van der Waals surface area contributed by atoms with Crippen LogP contribution < -0.4 is 5.73 Å². The van der Waals surface area contributed by atoms with Crippen LogP contribution >= 0.6 is 11.8 Å². The zero-order valence-electron chi connectivity index (χ0n) is 10.7. The van der Waals surface area contributed by atoms with Gasteiger partial charge in [0.05, 0.1) is 6.04 Å². The molecular weight excluding hydrogens is 260 g/mol. The van der Waals surface area contributed by atoms with Gasteiger partial charge in [-0.05, 0) is 31.3 Å². The molecule has 1 saturated heterocycles. The van der Waals surface area contributed by atoms with Crippen LogP contribution in [0.15, 0.2) is 28.8 Å². The number of aromatic nitrogens is 2. The van der Waals surface area contributed by atoms with E-state index >= 15 is 0 Å². The zero-order chi connectivity index (χ0) is 13.2. The molecule has 0 amide bonds. The monoisotopic (exact) mass is 276 g/mol. The molecule has 19 heavy (non-hydrogen) atoms. The van der Waals surface area contributed by atoms with Crippen molar-refractivity contribution in [2.24, 2.45) is 0 Å². The number of hydrogen-bond donors (Lipinski definition) is 1. The largest absolute Gasteiger partial charge is 0.399 e. The predicted molar refractivity (Wildman–Crippen MR) is 76.8 cm³/mol. The molecule has 6 heteroatoms. The molecule has 1 aliphatic rings. The smallest absolute Gasteiger partial charge is 0.257 e. The van der Waals surface area contributed by atoms with Gasteiger partial charge in [0.25, 0.3) is 5.89 Å². The number of hydrogen-bond acceptors (Lipinski definition) is 6. The molecule has 0 saturated carbocycles. The molecule has 1 aliphatic heterocycles. The van der Waals surface area contributed by atoms with Crippen LogP contribution in [0.2, 0.25) is 0 Å². The normalized spacial score (nSPS) is 20.6. The second-order valence-corrected chi connectivity index (χ2v) is 5.80. The van der Waals surface area contributed by atoms with Gasteiger partial charge in [0.2, 0.25) is 0 Å². The molecular formula is C13H16N4OS. The van der Waals surface area contributed by atoms with E-state index < -0.39 is 0 Å². The summed E-state index contributed by atoms with van der Waals surface area (Å²) in [6.45, 7) is 1.06. The molecule has 0 aliphatic carbocycles. The summed E-state index contributed by atoms with van der Waals surface area (Å²) in [7, 11) is 2.10. The van der Waals surface area contributed by atoms with E-state index in [0.29, 0.717) is 5.89 Å². The highest BCUT2D eigenvalue weighted by atomic mass is 32.2. The quantitative estimate of drug-likeness (QED) is 0.847. The molecule has 1 atom stereocenters. The van der Waals surface area contributed by atoms with E-state index in [2.05, 4.69) is 22.1 Å². The molecule has 1 unspecified atom stereocenters. The van der Waals surface area contributed by atoms with Gasteiger partial charge in [0, 0.05) is 29.3 Å². The van der Waals surface area contributed by atoms with E-state index in [1.165, 1.54) is 0 Å². The van der Waals surface area contributed by atoms with Crippen molar-refractivity contribution in [2.75, 3.05) is 30.8 Å². The molecule has 1 fully saturated rings. The summed E-state index contributed by atoms with van der Waals surface area (Å²) < 4.78 is 5.35. The third-order valence-electron chi connectivity index (χ3n) is 3.29. The number of benzene rings is 1. The van der Waals surface area contributed by atoms with Crippen molar-refractivity contribution in [3.8, 4) is 11.5 Å². The van der Waals surface area contributed by atoms with E-state index in [0.717, 1.165) is 35.1 Å². The Labute approximate surface area is 116 Å². The van der Waals surface area contributed by atoms with Crippen LogP contribution in [0.1, 0.15) is 11.9 Å². The molecule has 2 aromatic rings. The number of anilines is 1. The van der Waals surface area contributed by atoms with Gasteiger partial charge in [-0.3, -0.25) is 4.90 Å². The fraction of sp³-hybridized carbons (Fsp3) is 0.385. The van der Waals surface area contributed by atoms with E-state index in [-0.39, 0.29) is 6.04 Å². The summed E-state index contributed by atoms with van der Waals surface area (Å²) in [6, 6.07) is 7.70. The van der Waals surface area contributed by atoms with Gasteiger partial charge in [-0.15, -0.1) is 0 Å². The minimum Gasteiger partial charge on any atom is -0.399 e. The van der Waals surface area contributed by atoms with Crippen molar-refractivity contribution < 1.29 is 4.52 Å². The minimum absolute atomic E-state index is 0.241. The molecule has 2 N–H and O–H groups in total. The molecule has 0 radical (unpaired) electrons. The van der Waals surface area contributed by atoms with Crippen LogP contribution in [0.25, 0.3) is 11.5 Å². The molecule has 100 valence electrons. The molecule has 2 heterocycles. The van der Waals surface area contributed by atoms with Gasteiger partial charge in [-0.2, -0.15) is 16.7 Å². The Balaban J connectivity index is 1.84. The summed E-state index contributed by atoms with van der Waals surface area (Å²) in [4.78, 5) is 6.78. The summed E-state index contributed by atoms with van der Waals surface area (Å²) in [5.74, 6) is 3.49. The van der Waals surface area contributed by atoms with Crippen molar-refractivity contribution in [3.63, 3.8) is 0 Å². The molecule has 1 aromatic carbocycles. The van der Waals surface area contributed by atoms with Crippen LogP contribution in [0.3, 0.4) is 0 Å². The Kier molecular flexibility index (Phi) is 3.44. The third kappa shape index (κ3) is 2.59. The van der Waals surface area contributed by atoms with Crippen molar-refractivity contribution in [1.29, 1.82) is 0 Å². The first-order valence-corrected chi connectivity index (χ1v) is 7.37. The fourth-order valence-corrected chi connectivity index (χ4v) is 3.28. The first-order chi connectivity index (χ1) is 9.24. The average Bonchev–Trinajstić information content (AvgIpc) is 2.89. The van der Waals surface area contributed by atoms with Crippen LogP contribution in [-0.2, 0) is 0 Å². The topological polar surface area (TPSA) is 68.2 Å². The van der Waals surface area contributed by atoms with Gasteiger partial charge in [-0.25, -0.2) is 0 Å². The second-order valence-electron chi connectivity index (χ2n) is 4.65. The fourth-order valence-electron chi connectivity index (χ4n) is 2.07. The maximum atomic E-state index is 5.67. The van der Waals surface area contributed by atoms with Gasteiger partial charge in [-0.1, -0.05) is 5.16 Å². The highest BCUT2D eigenvalue weighted by Gasteiger charge is 2.25. The maximum Gasteiger partial charge on any atom is 0.257 e. The summed E-state index contributed by atoms with van der Waals surface area (Å²) in [5.41, 5.74) is 7.30. The Morgan fingerprint density at radius 1 is 1.37 bits per heavy atom. The maximum absolute atomic E-state index is 5.67. The third-order valence-corrected chi connectivity index (χ3v) is 4.32. The van der Waals surface area contributed by atoms with Gasteiger partial charge in [0.1, 0.15) is 0 Å². The van der Waals surface area contributed by atoms with Crippen molar-refractivity contribution in [1.82, 2.24) is 15.0 Å². The van der Waals surface area contributed by atoms with E-state index in [1.807, 2.05) is 36.0 Å². The average molecular weight is 276 g/mol. The summed E-state index contributed by atoms with van der Waals surface area (Å²) >= 11 is 1.93. The Bertz CT molecular complexity index is 554. The van der Waals surface area contributed by atoms with Crippen molar-refractivity contribution in [2.45, 2.75) is 6.04 Å². The Morgan fingerprint density at radius 3 is 2.89 bits per heavy atom. The van der Waals surface area contributed by atoms with E-state index in [1.54, 1.807) is 0 Å². The lowest BCUT2D eigenvalue weighted by atomic mass is 10.2. The number of nitrogens with zero attached hydrogens (tertiary/aromatic N) is 3. The number of thioether (sulfide) groups is 1. The Hall–Kier alpha value is -1.53.